The van der Waals surface area contributed by atoms with Crippen molar-refractivity contribution in [2.45, 2.75) is 6.42 Å². The van der Waals surface area contributed by atoms with Crippen LogP contribution in [-0.2, 0) is 6.42 Å². The lowest BCUT2D eigenvalue weighted by molar-refractivity contribution is 0.0954. The van der Waals surface area contributed by atoms with Crippen molar-refractivity contribution in [2.24, 2.45) is 0 Å². The molecule has 122 valence electrons. The van der Waals surface area contributed by atoms with Crippen molar-refractivity contribution in [1.29, 1.82) is 0 Å². The van der Waals surface area contributed by atoms with E-state index in [2.05, 4.69) is 15.4 Å². The highest BCUT2D eigenvalue weighted by Crippen LogP contribution is 2.19. The van der Waals surface area contributed by atoms with Crippen LogP contribution in [0, 0.1) is 0 Å². The van der Waals surface area contributed by atoms with E-state index < -0.39 is 0 Å². The van der Waals surface area contributed by atoms with Gasteiger partial charge in [0.2, 0.25) is 0 Å². The normalized spacial score (nSPS) is 10.6. The molecule has 1 aromatic carbocycles. The monoisotopic (exact) mass is 360 g/mol. The summed E-state index contributed by atoms with van der Waals surface area (Å²) in [7, 11) is 0. The number of nitrogens with one attached hydrogen (secondary N) is 1. The van der Waals surface area contributed by atoms with Crippen LogP contribution >= 0.6 is 23.2 Å². The Morgan fingerprint density at radius 2 is 2.00 bits per heavy atom. The predicted molar refractivity (Wildman–Crippen MR) is 93.9 cm³/mol. The summed E-state index contributed by atoms with van der Waals surface area (Å²) in [5, 5.41) is 7.47. The summed E-state index contributed by atoms with van der Waals surface area (Å²) in [6.45, 7) is 0.514. The molecule has 2 aromatic heterocycles. The van der Waals surface area contributed by atoms with Crippen LogP contribution in [0.2, 0.25) is 10.2 Å². The average Bonchev–Trinajstić information content (AvgIpc) is 3.12. The Kier molecular flexibility index (Phi) is 5.13. The topological polar surface area (TPSA) is 59.8 Å². The Bertz CT molecular complexity index is 832. The van der Waals surface area contributed by atoms with Crippen LogP contribution in [0.15, 0.2) is 55.0 Å². The number of hydrogen-bond donors (Lipinski definition) is 1. The number of rotatable bonds is 5. The molecule has 0 fully saturated rings. The van der Waals surface area contributed by atoms with Gasteiger partial charge in [0.05, 0.1) is 16.3 Å². The number of carbonyl (C=O) groups excluding carboxylic acids is 1. The number of aromatic nitrogens is 3. The standard InChI is InChI=1S/C17H14Cl2N4O/c18-15-10-13(11-21-16(15)19)17(24)20-8-6-12-2-4-14(5-3-12)23-9-1-7-22-23/h1-5,7,9-11H,6,8H2,(H,20,24). The van der Waals surface area contributed by atoms with Crippen molar-refractivity contribution >= 4 is 29.1 Å². The Morgan fingerprint density at radius 1 is 1.21 bits per heavy atom. The van der Waals surface area contributed by atoms with E-state index in [0.717, 1.165) is 17.7 Å². The van der Waals surface area contributed by atoms with Crippen LogP contribution in [0.5, 0.6) is 0 Å². The number of nitrogens with zero attached hydrogens (tertiary/aromatic N) is 3. The Morgan fingerprint density at radius 3 is 2.67 bits per heavy atom. The number of benzene rings is 1. The fraction of sp³-hybridized carbons (Fsp3) is 0.118. The van der Waals surface area contributed by atoms with Gasteiger partial charge >= 0.3 is 0 Å². The van der Waals surface area contributed by atoms with E-state index in [1.807, 2.05) is 36.5 Å². The van der Waals surface area contributed by atoms with Gasteiger partial charge in [-0.15, -0.1) is 0 Å². The summed E-state index contributed by atoms with van der Waals surface area (Å²) < 4.78 is 1.79. The van der Waals surface area contributed by atoms with E-state index in [9.17, 15) is 4.79 Å². The lowest BCUT2D eigenvalue weighted by Crippen LogP contribution is -2.25. The maximum Gasteiger partial charge on any atom is 0.252 e. The average molecular weight is 361 g/mol. The van der Waals surface area contributed by atoms with Crippen LogP contribution in [0.1, 0.15) is 15.9 Å². The van der Waals surface area contributed by atoms with Crippen LogP contribution in [0.4, 0.5) is 0 Å². The maximum atomic E-state index is 12.0. The molecule has 0 saturated carbocycles. The number of amides is 1. The number of hydrogen-bond acceptors (Lipinski definition) is 3. The van der Waals surface area contributed by atoms with Crippen molar-refractivity contribution in [2.75, 3.05) is 6.54 Å². The van der Waals surface area contributed by atoms with E-state index in [1.54, 1.807) is 10.9 Å². The third-order valence-corrected chi connectivity index (χ3v) is 4.15. The number of pyridine rings is 1. The molecule has 0 saturated heterocycles. The van der Waals surface area contributed by atoms with Gasteiger partial charge < -0.3 is 5.32 Å². The third kappa shape index (κ3) is 3.93. The quantitative estimate of drug-likeness (QED) is 0.707. The van der Waals surface area contributed by atoms with E-state index in [0.29, 0.717) is 12.1 Å². The molecule has 0 spiro atoms. The molecule has 1 N–H and O–H groups in total. The first-order valence-corrected chi connectivity index (χ1v) is 8.07. The largest absolute Gasteiger partial charge is 0.352 e. The molecule has 0 bridgehead atoms. The second-order valence-corrected chi connectivity index (χ2v) is 5.88. The molecule has 24 heavy (non-hydrogen) atoms. The molecule has 0 radical (unpaired) electrons. The first-order valence-electron chi connectivity index (χ1n) is 7.32. The summed E-state index contributed by atoms with van der Waals surface area (Å²) in [5.41, 5.74) is 2.51. The van der Waals surface area contributed by atoms with Crippen molar-refractivity contribution in [3.05, 3.63) is 76.3 Å². The van der Waals surface area contributed by atoms with E-state index in [1.165, 1.54) is 12.3 Å². The summed E-state index contributed by atoms with van der Waals surface area (Å²) in [5.74, 6) is -0.228. The lowest BCUT2D eigenvalue weighted by atomic mass is 10.1. The molecule has 7 heteroatoms. The highest BCUT2D eigenvalue weighted by atomic mass is 35.5. The zero-order chi connectivity index (χ0) is 16.9. The van der Waals surface area contributed by atoms with Crippen LogP contribution in [0.25, 0.3) is 5.69 Å². The first-order chi connectivity index (χ1) is 11.6. The van der Waals surface area contributed by atoms with Crippen molar-refractivity contribution in [3.63, 3.8) is 0 Å². The molecule has 0 aliphatic carbocycles. The van der Waals surface area contributed by atoms with Gasteiger partial charge in [0.1, 0.15) is 5.15 Å². The maximum absolute atomic E-state index is 12.0. The minimum atomic E-state index is -0.228. The number of halogens is 2. The van der Waals surface area contributed by atoms with Crippen LogP contribution < -0.4 is 5.32 Å². The molecule has 0 aliphatic heterocycles. The summed E-state index contributed by atoms with van der Waals surface area (Å²) >= 11 is 11.6. The highest BCUT2D eigenvalue weighted by Gasteiger charge is 2.08. The fourth-order valence-electron chi connectivity index (χ4n) is 2.20. The second kappa shape index (κ2) is 7.47. The Labute approximate surface area is 149 Å². The molecular weight excluding hydrogens is 347 g/mol. The molecule has 0 aliphatic rings. The second-order valence-electron chi connectivity index (χ2n) is 5.12. The van der Waals surface area contributed by atoms with Gasteiger partial charge in [0.15, 0.2) is 0 Å². The van der Waals surface area contributed by atoms with E-state index in [-0.39, 0.29) is 16.1 Å². The molecular formula is C17H14Cl2N4O. The minimum Gasteiger partial charge on any atom is -0.352 e. The molecule has 3 rings (SSSR count). The van der Waals surface area contributed by atoms with Crippen molar-refractivity contribution in [1.82, 2.24) is 20.1 Å². The van der Waals surface area contributed by atoms with E-state index >= 15 is 0 Å². The molecule has 3 aromatic rings. The Balaban J connectivity index is 1.54. The summed E-state index contributed by atoms with van der Waals surface area (Å²) in [6, 6.07) is 11.4. The van der Waals surface area contributed by atoms with Gasteiger partial charge in [0.25, 0.3) is 5.91 Å². The molecule has 0 unspecified atom stereocenters. The third-order valence-electron chi connectivity index (χ3n) is 3.46. The minimum absolute atomic E-state index is 0.186. The van der Waals surface area contributed by atoms with E-state index in [4.69, 9.17) is 23.2 Å². The van der Waals surface area contributed by atoms with Gasteiger partial charge in [-0.1, -0.05) is 35.3 Å². The van der Waals surface area contributed by atoms with Gasteiger partial charge in [-0.2, -0.15) is 5.10 Å². The lowest BCUT2D eigenvalue weighted by Gasteiger charge is -2.07. The predicted octanol–water partition coefficient (Wildman–Crippen LogP) is 3.55. The summed E-state index contributed by atoms with van der Waals surface area (Å²) in [6.07, 6.45) is 5.75. The fourth-order valence-corrected chi connectivity index (χ4v) is 2.47. The molecule has 0 atom stereocenters. The van der Waals surface area contributed by atoms with Gasteiger partial charge in [-0.25, -0.2) is 9.67 Å². The number of carbonyl (C=O) groups is 1. The zero-order valence-electron chi connectivity index (χ0n) is 12.6. The van der Waals surface area contributed by atoms with Crippen LogP contribution in [0.3, 0.4) is 0 Å². The molecule has 2 heterocycles. The van der Waals surface area contributed by atoms with Crippen molar-refractivity contribution in [3.8, 4) is 5.69 Å². The van der Waals surface area contributed by atoms with Crippen LogP contribution in [-0.4, -0.2) is 27.2 Å². The van der Waals surface area contributed by atoms with Gasteiger partial charge in [-0.3, -0.25) is 4.79 Å². The smallest absolute Gasteiger partial charge is 0.252 e. The zero-order valence-corrected chi connectivity index (χ0v) is 14.1. The molecule has 1 amide bonds. The van der Waals surface area contributed by atoms with Gasteiger partial charge in [-0.05, 0) is 36.2 Å². The summed E-state index contributed by atoms with van der Waals surface area (Å²) in [4.78, 5) is 15.9. The van der Waals surface area contributed by atoms with Gasteiger partial charge in [0, 0.05) is 25.1 Å². The Hall–Kier alpha value is -2.37. The SMILES string of the molecule is O=C(NCCc1ccc(-n2cccn2)cc1)c1cnc(Cl)c(Cl)c1. The first kappa shape index (κ1) is 16.5. The van der Waals surface area contributed by atoms with Crippen molar-refractivity contribution < 1.29 is 4.79 Å². The molecule has 5 nitrogen and oxygen atoms in total. The highest BCUT2D eigenvalue weighted by molar-refractivity contribution is 6.41.